The van der Waals surface area contributed by atoms with Crippen molar-refractivity contribution in [3.05, 3.63) is 42.0 Å². The molecule has 0 radical (unpaired) electrons. The number of allylic oxidation sites excluding steroid dienone is 1. The highest BCUT2D eigenvalue weighted by Crippen LogP contribution is 1.99. The molecule has 0 heterocycles. The molecule has 1 nitrogen and oxygen atoms in total. The van der Waals surface area contributed by atoms with E-state index in [4.69, 9.17) is 5.11 Å². The Hall–Kier alpha value is -1.52. The molecule has 14 heavy (non-hydrogen) atoms. The van der Waals surface area contributed by atoms with Crippen molar-refractivity contribution >= 4 is 6.08 Å². The summed E-state index contributed by atoms with van der Waals surface area (Å²) < 4.78 is 0. The monoisotopic (exact) mass is 186 g/mol. The Morgan fingerprint density at radius 1 is 1.21 bits per heavy atom. The lowest BCUT2D eigenvalue weighted by atomic mass is 10.2. The Bertz CT molecular complexity index is 327. The van der Waals surface area contributed by atoms with Gasteiger partial charge in [0.2, 0.25) is 0 Å². The van der Waals surface area contributed by atoms with Gasteiger partial charge in [-0.15, -0.1) is 0 Å². The number of aliphatic hydroxyl groups excluding tert-OH is 1. The first kappa shape index (κ1) is 10.6. The van der Waals surface area contributed by atoms with Crippen molar-refractivity contribution in [3.63, 3.8) is 0 Å². The minimum Gasteiger partial charge on any atom is -0.396 e. The maximum Gasteiger partial charge on any atom is 0.0440 e. The summed E-state index contributed by atoms with van der Waals surface area (Å²) in [6.45, 7) is 0.219. The molecule has 1 rings (SSSR count). The van der Waals surface area contributed by atoms with E-state index in [9.17, 15) is 0 Å². The van der Waals surface area contributed by atoms with Crippen LogP contribution in [0.4, 0.5) is 0 Å². The molecule has 1 heteroatoms. The molecule has 0 saturated heterocycles. The maximum absolute atomic E-state index is 8.51. The molecule has 0 amide bonds. The van der Waals surface area contributed by atoms with E-state index in [1.165, 1.54) is 0 Å². The smallest absolute Gasteiger partial charge is 0.0440 e. The van der Waals surface area contributed by atoms with Crippen LogP contribution in [-0.4, -0.2) is 11.7 Å². The van der Waals surface area contributed by atoms with Crippen LogP contribution in [0.1, 0.15) is 18.4 Å². The fourth-order valence-corrected chi connectivity index (χ4v) is 1.00. The van der Waals surface area contributed by atoms with Gasteiger partial charge >= 0.3 is 0 Å². The fourth-order valence-electron chi connectivity index (χ4n) is 1.00. The Morgan fingerprint density at radius 3 is 2.71 bits per heavy atom. The third kappa shape index (κ3) is 4.49. The zero-order valence-electron chi connectivity index (χ0n) is 8.11. The van der Waals surface area contributed by atoms with Gasteiger partial charge in [-0.2, -0.15) is 0 Å². The van der Waals surface area contributed by atoms with Gasteiger partial charge in [-0.1, -0.05) is 42.2 Å². The quantitative estimate of drug-likeness (QED) is 0.568. The predicted octanol–water partition coefficient (Wildman–Crippen LogP) is 2.48. The second-order valence-electron chi connectivity index (χ2n) is 2.89. The summed E-state index contributed by atoms with van der Waals surface area (Å²) in [5, 5.41) is 8.51. The lowest BCUT2D eigenvalue weighted by Crippen LogP contribution is -1.77. The number of hydrogen-bond donors (Lipinski definition) is 1. The predicted molar refractivity (Wildman–Crippen MR) is 59.6 cm³/mol. The van der Waals surface area contributed by atoms with E-state index in [-0.39, 0.29) is 6.61 Å². The van der Waals surface area contributed by atoms with E-state index in [0.717, 1.165) is 18.4 Å². The van der Waals surface area contributed by atoms with Crippen LogP contribution in [0.2, 0.25) is 0 Å². The molecule has 0 aliphatic rings. The van der Waals surface area contributed by atoms with E-state index in [1.807, 2.05) is 42.5 Å². The van der Waals surface area contributed by atoms with Crippen LogP contribution >= 0.6 is 0 Å². The molecule has 0 aliphatic carbocycles. The second kappa shape index (κ2) is 6.94. The molecule has 0 spiro atoms. The number of hydrogen-bond acceptors (Lipinski definition) is 1. The summed E-state index contributed by atoms with van der Waals surface area (Å²) in [6, 6.07) is 10.1. The average molecular weight is 186 g/mol. The van der Waals surface area contributed by atoms with E-state index >= 15 is 0 Å². The van der Waals surface area contributed by atoms with Crippen molar-refractivity contribution in [1.29, 1.82) is 0 Å². The van der Waals surface area contributed by atoms with Gasteiger partial charge in [-0.3, -0.25) is 0 Å². The van der Waals surface area contributed by atoms with Crippen LogP contribution in [0.3, 0.4) is 0 Å². The van der Waals surface area contributed by atoms with Gasteiger partial charge in [0.05, 0.1) is 0 Å². The Kier molecular flexibility index (Phi) is 5.23. The average Bonchev–Trinajstić information content (AvgIpc) is 2.25. The largest absolute Gasteiger partial charge is 0.396 e. The first-order valence-electron chi connectivity index (χ1n) is 4.74. The van der Waals surface area contributed by atoms with Gasteiger partial charge in [-0.25, -0.2) is 0 Å². The third-order valence-corrected chi connectivity index (χ3v) is 1.72. The van der Waals surface area contributed by atoms with Gasteiger partial charge in [0.1, 0.15) is 0 Å². The fraction of sp³-hybridized carbons (Fsp3) is 0.231. The molecule has 1 aromatic rings. The van der Waals surface area contributed by atoms with Gasteiger partial charge in [-0.05, 0) is 24.1 Å². The van der Waals surface area contributed by atoms with Crippen molar-refractivity contribution in [3.8, 4) is 11.8 Å². The van der Waals surface area contributed by atoms with Crippen molar-refractivity contribution in [2.75, 3.05) is 6.61 Å². The highest BCUT2D eigenvalue weighted by Gasteiger charge is 1.79. The van der Waals surface area contributed by atoms with Crippen LogP contribution in [0.25, 0.3) is 6.08 Å². The Morgan fingerprint density at radius 2 is 2.00 bits per heavy atom. The standard InChI is InChI=1S/C13H14O/c14-12-8-3-1-2-5-9-13-10-6-4-7-11-13/h4-7,9-11,14H,3,8,12H2/b9-5+. The Balaban J connectivity index is 2.36. The third-order valence-electron chi connectivity index (χ3n) is 1.72. The van der Waals surface area contributed by atoms with E-state index < -0.39 is 0 Å². The summed E-state index contributed by atoms with van der Waals surface area (Å²) in [7, 11) is 0. The molecule has 1 aromatic carbocycles. The number of unbranched alkanes of at least 4 members (excludes halogenated alkanes) is 1. The topological polar surface area (TPSA) is 20.2 Å². The van der Waals surface area contributed by atoms with Crippen molar-refractivity contribution in [2.45, 2.75) is 12.8 Å². The molecule has 0 saturated carbocycles. The van der Waals surface area contributed by atoms with Gasteiger partial charge in [0, 0.05) is 13.0 Å². The molecule has 0 unspecified atom stereocenters. The molecule has 0 bridgehead atoms. The molecule has 0 aromatic heterocycles. The summed E-state index contributed by atoms with van der Waals surface area (Å²) in [4.78, 5) is 0. The van der Waals surface area contributed by atoms with E-state index in [0.29, 0.717) is 0 Å². The first-order chi connectivity index (χ1) is 6.93. The number of rotatable bonds is 3. The maximum atomic E-state index is 8.51. The molecule has 0 atom stereocenters. The summed E-state index contributed by atoms with van der Waals surface area (Å²) in [5.41, 5.74) is 1.16. The minimum atomic E-state index is 0.219. The summed E-state index contributed by atoms with van der Waals surface area (Å²) in [6.07, 6.45) is 5.33. The second-order valence-corrected chi connectivity index (χ2v) is 2.89. The number of aliphatic hydroxyl groups is 1. The van der Waals surface area contributed by atoms with Crippen LogP contribution in [0.15, 0.2) is 36.4 Å². The first-order valence-corrected chi connectivity index (χ1v) is 4.74. The summed E-state index contributed by atoms with van der Waals surface area (Å²) >= 11 is 0. The van der Waals surface area contributed by atoms with Gasteiger partial charge < -0.3 is 5.11 Å². The lowest BCUT2D eigenvalue weighted by Gasteiger charge is -1.87. The van der Waals surface area contributed by atoms with Crippen LogP contribution in [0, 0.1) is 11.8 Å². The van der Waals surface area contributed by atoms with Crippen molar-refractivity contribution < 1.29 is 5.11 Å². The molecule has 0 fully saturated rings. The zero-order chi connectivity index (χ0) is 10.1. The van der Waals surface area contributed by atoms with Crippen LogP contribution in [-0.2, 0) is 0 Å². The highest BCUT2D eigenvalue weighted by molar-refractivity contribution is 5.52. The van der Waals surface area contributed by atoms with E-state index in [2.05, 4.69) is 11.8 Å². The molecule has 0 aliphatic heterocycles. The zero-order valence-corrected chi connectivity index (χ0v) is 8.11. The van der Waals surface area contributed by atoms with E-state index in [1.54, 1.807) is 0 Å². The van der Waals surface area contributed by atoms with Gasteiger partial charge in [0.25, 0.3) is 0 Å². The molecule has 1 N–H and O–H groups in total. The van der Waals surface area contributed by atoms with Crippen molar-refractivity contribution in [1.82, 2.24) is 0 Å². The normalized spacial score (nSPS) is 9.79. The molecular weight excluding hydrogens is 172 g/mol. The number of benzene rings is 1. The van der Waals surface area contributed by atoms with Gasteiger partial charge in [0.15, 0.2) is 0 Å². The highest BCUT2D eigenvalue weighted by atomic mass is 16.2. The lowest BCUT2D eigenvalue weighted by molar-refractivity contribution is 0.290. The van der Waals surface area contributed by atoms with Crippen LogP contribution in [0.5, 0.6) is 0 Å². The van der Waals surface area contributed by atoms with Crippen molar-refractivity contribution in [2.24, 2.45) is 0 Å². The minimum absolute atomic E-state index is 0.219. The SMILES string of the molecule is OCCCC#C/C=C/c1ccccc1. The molecular formula is C13H14O. The molecule has 72 valence electrons. The Labute approximate surface area is 85.1 Å². The summed E-state index contributed by atoms with van der Waals surface area (Å²) in [5.74, 6) is 5.89. The van der Waals surface area contributed by atoms with Crippen LogP contribution < -0.4 is 0 Å².